The minimum absolute atomic E-state index is 0.618. The van der Waals surface area contributed by atoms with E-state index in [0.29, 0.717) is 6.54 Å². The summed E-state index contributed by atoms with van der Waals surface area (Å²) in [7, 11) is 0. The highest BCUT2D eigenvalue weighted by Gasteiger charge is 2.32. The van der Waals surface area contributed by atoms with E-state index in [4.69, 9.17) is 4.98 Å². The zero-order chi connectivity index (χ0) is 20.0. The molecule has 2 aliphatic heterocycles. The van der Waals surface area contributed by atoms with Crippen LogP contribution in [0, 0.1) is 6.92 Å². The van der Waals surface area contributed by atoms with E-state index in [1.165, 1.54) is 21.0 Å². The molecule has 0 aliphatic carbocycles. The summed E-state index contributed by atoms with van der Waals surface area (Å²) in [6, 6.07) is 13.2. The Morgan fingerprint density at radius 1 is 1.07 bits per heavy atom. The molecule has 5 rings (SSSR count). The highest BCUT2D eigenvalue weighted by molar-refractivity contribution is 7.19. The van der Waals surface area contributed by atoms with Crippen LogP contribution in [0.1, 0.15) is 18.2 Å². The number of aliphatic hydroxyl groups is 1. The van der Waals surface area contributed by atoms with Crippen molar-refractivity contribution in [2.75, 3.05) is 49.1 Å². The normalized spacial score (nSPS) is 22.6. The molecule has 29 heavy (non-hydrogen) atoms. The van der Waals surface area contributed by atoms with Gasteiger partial charge in [-0.05, 0) is 44.5 Å². The molecule has 1 atom stereocenters. The first kappa shape index (κ1) is 18.9. The summed E-state index contributed by atoms with van der Waals surface area (Å²) in [5.41, 5.74) is 5.06. The number of β-amino-alcohol motifs (C(OH)–C–C–N with tert-alkyl or cyclic N) is 1. The van der Waals surface area contributed by atoms with Crippen LogP contribution < -0.4 is 15.1 Å². The van der Waals surface area contributed by atoms with Crippen molar-refractivity contribution in [2.45, 2.75) is 25.9 Å². The van der Waals surface area contributed by atoms with Gasteiger partial charge in [-0.15, -0.1) is 11.3 Å². The fourth-order valence-electron chi connectivity index (χ4n) is 4.42. The molecule has 4 heterocycles. The lowest BCUT2D eigenvalue weighted by atomic mass is 10.1. The van der Waals surface area contributed by atoms with Gasteiger partial charge >= 0.3 is 0 Å². The highest BCUT2D eigenvalue weighted by atomic mass is 32.1. The predicted molar refractivity (Wildman–Crippen MR) is 122 cm³/mol. The summed E-state index contributed by atoms with van der Waals surface area (Å²) in [6.07, 6.45) is 0.801. The number of aromatic nitrogens is 1. The van der Waals surface area contributed by atoms with Crippen molar-refractivity contribution in [3.8, 4) is 11.3 Å². The number of hydrogen-bond acceptors (Lipinski definition) is 6. The molecule has 3 aromatic rings. The molecular formula is C23H28N4OS. The fraction of sp³-hybridized carbons (Fsp3) is 0.435. The van der Waals surface area contributed by atoms with Gasteiger partial charge in [-0.1, -0.05) is 12.1 Å². The second kappa shape index (κ2) is 7.27. The van der Waals surface area contributed by atoms with E-state index >= 15 is 0 Å². The van der Waals surface area contributed by atoms with Gasteiger partial charge in [0.2, 0.25) is 0 Å². The number of benzene rings is 1. The first-order chi connectivity index (χ1) is 14.0. The Balaban J connectivity index is 1.51. The quantitative estimate of drug-likeness (QED) is 0.693. The summed E-state index contributed by atoms with van der Waals surface area (Å²) in [4.78, 5) is 11.0. The van der Waals surface area contributed by atoms with Gasteiger partial charge in [-0.3, -0.25) is 0 Å². The lowest BCUT2D eigenvalue weighted by Gasteiger charge is -2.29. The van der Waals surface area contributed by atoms with E-state index in [1.807, 2.05) is 6.92 Å². The van der Waals surface area contributed by atoms with E-state index in [9.17, 15) is 5.11 Å². The highest BCUT2D eigenvalue weighted by Crippen LogP contribution is 2.39. The molecule has 2 aromatic heterocycles. The van der Waals surface area contributed by atoms with Crippen LogP contribution in [0.2, 0.25) is 0 Å². The van der Waals surface area contributed by atoms with Crippen LogP contribution >= 0.6 is 11.3 Å². The lowest BCUT2D eigenvalue weighted by molar-refractivity contribution is 0.0839. The molecule has 5 nitrogen and oxygen atoms in total. The molecule has 0 spiro atoms. The molecule has 1 unspecified atom stereocenters. The maximum atomic E-state index is 10.5. The SMILES string of the molecule is Cc1cc2nc(-c3ccc(N4CCNCC4)cc3)cc(N3CCC(C)(O)C3)c2s1. The molecule has 152 valence electrons. The first-order valence-corrected chi connectivity index (χ1v) is 11.2. The predicted octanol–water partition coefficient (Wildman–Crippen LogP) is 3.64. The number of pyridine rings is 1. The Bertz CT molecular complexity index is 1020. The van der Waals surface area contributed by atoms with Gasteiger partial charge in [0.15, 0.2) is 0 Å². The van der Waals surface area contributed by atoms with Crippen molar-refractivity contribution in [3.63, 3.8) is 0 Å². The van der Waals surface area contributed by atoms with Crippen LogP contribution in [-0.4, -0.2) is 55.0 Å². The second-order valence-electron chi connectivity index (χ2n) is 8.55. The molecule has 2 fully saturated rings. The van der Waals surface area contributed by atoms with Gasteiger partial charge in [0.1, 0.15) is 0 Å². The van der Waals surface area contributed by atoms with Gasteiger partial charge < -0.3 is 20.2 Å². The lowest BCUT2D eigenvalue weighted by Crippen LogP contribution is -2.43. The Morgan fingerprint density at radius 2 is 1.83 bits per heavy atom. The number of piperazine rings is 1. The maximum absolute atomic E-state index is 10.5. The Kier molecular flexibility index (Phi) is 4.73. The molecule has 2 saturated heterocycles. The van der Waals surface area contributed by atoms with E-state index < -0.39 is 5.60 Å². The number of hydrogen-bond donors (Lipinski definition) is 2. The molecule has 2 N–H and O–H groups in total. The summed E-state index contributed by atoms with van der Waals surface area (Å²) >= 11 is 1.79. The van der Waals surface area contributed by atoms with Crippen molar-refractivity contribution in [2.24, 2.45) is 0 Å². The minimum Gasteiger partial charge on any atom is -0.388 e. The van der Waals surface area contributed by atoms with Crippen LogP contribution in [0.25, 0.3) is 21.5 Å². The Morgan fingerprint density at radius 3 is 2.52 bits per heavy atom. The van der Waals surface area contributed by atoms with Crippen molar-refractivity contribution in [1.82, 2.24) is 10.3 Å². The van der Waals surface area contributed by atoms with Gasteiger partial charge in [-0.25, -0.2) is 4.98 Å². The average molecular weight is 409 g/mol. The van der Waals surface area contributed by atoms with E-state index in [2.05, 4.69) is 58.4 Å². The molecule has 0 radical (unpaired) electrons. The molecule has 0 bridgehead atoms. The fourth-order valence-corrected chi connectivity index (χ4v) is 5.42. The topological polar surface area (TPSA) is 51.6 Å². The van der Waals surface area contributed by atoms with Crippen molar-refractivity contribution < 1.29 is 5.11 Å². The number of fused-ring (bicyclic) bond motifs is 1. The van der Waals surface area contributed by atoms with Crippen molar-refractivity contribution in [3.05, 3.63) is 41.3 Å². The number of rotatable bonds is 3. The van der Waals surface area contributed by atoms with Gasteiger partial charge in [0.25, 0.3) is 0 Å². The number of anilines is 2. The van der Waals surface area contributed by atoms with Gasteiger partial charge in [-0.2, -0.15) is 0 Å². The molecule has 0 saturated carbocycles. The van der Waals surface area contributed by atoms with Gasteiger partial charge in [0, 0.05) is 55.4 Å². The standard InChI is InChI=1S/C23H28N4OS/c1-16-13-20-22(29-16)21(27-10-7-23(2,28)15-27)14-19(25-20)17-3-5-18(6-4-17)26-11-8-24-9-12-26/h3-6,13-14,24,28H,7-12,15H2,1-2H3. The molecular weight excluding hydrogens is 380 g/mol. The summed E-state index contributed by atoms with van der Waals surface area (Å²) < 4.78 is 1.22. The maximum Gasteiger partial charge on any atom is 0.0841 e. The minimum atomic E-state index is -0.618. The Labute approximate surface area is 176 Å². The van der Waals surface area contributed by atoms with Crippen LogP contribution in [0.5, 0.6) is 0 Å². The molecule has 1 aromatic carbocycles. The number of nitrogens with zero attached hydrogens (tertiary/aromatic N) is 3. The number of thiophene rings is 1. The third-order valence-electron chi connectivity index (χ3n) is 6.02. The number of aryl methyl sites for hydroxylation is 1. The van der Waals surface area contributed by atoms with Crippen LogP contribution in [0.3, 0.4) is 0 Å². The van der Waals surface area contributed by atoms with Crippen LogP contribution in [-0.2, 0) is 0 Å². The second-order valence-corrected chi connectivity index (χ2v) is 9.81. The summed E-state index contributed by atoms with van der Waals surface area (Å²) in [5.74, 6) is 0. The molecule has 6 heteroatoms. The van der Waals surface area contributed by atoms with Crippen molar-refractivity contribution in [1.29, 1.82) is 0 Å². The van der Waals surface area contributed by atoms with E-state index in [0.717, 1.165) is 55.9 Å². The number of nitrogens with one attached hydrogen (secondary N) is 1. The zero-order valence-electron chi connectivity index (χ0n) is 17.1. The first-order valence-electron chi connectivity index (χ1n) is 10.4. The van der Waals surface area contributed by atoms with Gasteiger partial charge in [0.05, 0.1) is 27.2 Å². The molecule has 0 amide bonds. The average Bonchev–Trinajstić information content (AvgIpc) is 3.29. The van der Waals surface area contributed by atoms with Crippen LogP contribution in [0.4, 0.5) is 11.4 Å². The van der Waals surface area contributed by atoms with E-state index in [-0.39, 0.29) is 0 Å². The smallest absolute Gasteiger partial charge is 0.0841 e. The van der Waals surface area contributed by atoms with E-state index in [1.54, 1.807) is 11.3 Å². The Hall–Kier alpha value is -2.15. The molecule has 2 aliphatic rings. The zero-order valence-corrected chi connectivity index (χ0v) is 17.9. The summed E-state index contributed by atoms with van der Waals surface area (Å²) in [6.45, 7) is 9.81. The third-order valence-corrected chi connectivity index (χ3v) is 7.08. The largest absolute Gasteiger partial charge is 0.388 e. The monoisotopic (exact) mass is 408 g/mol. The van der Waals surface area contributed by atoms with Crippen molar-refractivity contribution >= 4 is 32.9 Å². The summed E-state index contributed by atoms with van der Waals surface area (Å²) in [5, 5.41) is 13.9. The third kappa shape index (κ3) is 3.72. The van der Waals surface area contributed by atoms with Crippen LogP contribution in [0.15, 0.2) is 36.4 Å².